The summed E-state index contributed by atoms with van der Waals surface area (Å²) >= 11 is 1.35. The molecule has 2 amide bonds. The van der Waals surface area contributed by atoms with Crippen LogP contribution in [0.5, 0.6) is 11.5 Å². The van der Waals surface area contributed by atoms with Crippen LogP contribution in [-0.4, -0.2) is 41.6 Å². The number of ether oxygens (including phenoxy) is 2. The summed E-state index contributed by atoms with van der Waals surface area (Å²) < 4.78 is 48.5. The number of nitrogens with one attached hydrogen (secondary N) is 2. The fraction of sp³-hybridized carbons (Fsp3) is 0.367. The van der Waals surface area contributed by atoms with E-state index in [-0.39, 0.29) is 48.6 Å². The number of carbonyl (C=O) groups excluding carboxylic acids is 2. The monoisotopic (exact) mass is 654 g/mol. The molecule has 4 rings (SSSR count). The molecule has 1 aromatic heterocycles. The Balaban J connectivity index is 0.00000529. The number of hydrogen-bond donors (Lipinski definition) is 3. The second-order valence-electron chi connectivity index (χ2n) is 10.0. The van der Waals surface area contributed by atoms with Crippen molar-refractivity contribution in [2.24, 2.45) is 5.73 Å². The summed E-state index contributed by atoms with van der Waals surface area (Å²) in [5, 5.41) is 5.66. The minimum Gasteiger partial charge on any atom is -0.494 e. The van der Waals surface area contributed by atoms with Crippen molar-refractivity contribution in [3.8, 4) is 11.5 Å². The van der Waals surface area contributed by atoms with E-state index in [0.29, 0.717) is 46.2 Å². The van der Waals surface area contributed by atoms with Crippen molar-refractivity contribution in [3.63, 3.8) is 0 Å². The minimum absolute atomic E-state index is 0. The van der Waals surface area contributed by atoms with Gasteiger partial charge in [0.15, 0.2) is 0 Å². The summed E-state index contributed by atoms with van der Waals surface area (Å²) in [7, 11) is 0. The van der Waals surface area contributed by atoms with Crippen LogP contribution in [0.1, 0.15) is 59.3 Å². The van der Waals surface area contributed by atoms with E-state index in [1.807, 2.05) is 24.3 Å². The number of carbonyl (C=O) groups is 2. The molecule has 14 heteroatoms. The number of rotatable bonds is 13. The van der Waals surface area contributed by atoms with Crippen LogP contribution >= 0.6 is 24.2 Å². The molecular formula is C30H34ClF3N4O5S. The number of thioether (sulfide) groups is 1. The lowest BCUT2D eigenvalue weighted by atomic mass is 10.1. The Kier molecular flexibility index (Phi) is 12.6. The Morgan fingerprint density at radius 3 is 2.32 bits per heavy atom. The molecule has 1 atom stereocenters. The second-order valence-corrected chi connectivity index (χ2v) is 11.1. The lowest BCUT2D eigenvalue weighted by Crippen LogP contribution is -2.31. The van der Waals surface area contributed by atoms with Gasteiger partial charge in [0.25, 0.3) is 11.5 Å². The third kappa shape index (κ3) is 9.93. The maximum atomic E-state index is 13.3. The predicted octanol–water partition coefficient (Wildman–Crippen LogP) is 4.94. The van der Waals surface area contributed by atoms with E-state index in [0.717, 1.165) is 24.8 Å². The van der Waals surface area contributed by atoms with E-state index in [9.17, 15) is 27.6 Å². The minimum atomic E-state index is -4.80. The third-order valence-corrected chi connectivity index (χ3v) is 7.89. The number of pyridine rings is 1. The molecule has 238 valence electrons. The van der Waals surface area contributed by atoms with Gasteiger partial charge in [0.1, 0.15) is 11.5 Å². The van der Waals surface area contributed by atoms with Gasteiger partial charge in [-0.25, -0.2) is 0 Å². The van der Waals surface area contributed by atoms with Crippen molar-refractivity contribution in [2.45, 2.75) is 56.6 Å². The van der Waals surface area contributed by atoms with Gasteiger partial charge in [0, 0.05) is 48.5 Å². The first kappa shape index (κ1) is 34.8. The van der Waals surface area contributed by atoms with Gasteiger partial charge in [0.2, 0.25) is 5.91 Å². The summed E-state index contributed by atoms with van der Waals surface area (Å²) in [5.74, 6) is 0.389. The largest absolute Gasteiger partial charge is 0.573 e. The smallest absolute Gasteiger partial charge is 0.494 e. The lowest BCUT2D eigenvalue weighted by Gasteiger charge is -2.15. The number of benzene rings is 2. The van der Waals surface area contributed by atoms with Crippen molar-refractivity contribution < 1.29 is 32.2 Å². The molecule has 9 nitrogen and oxygen atoms in total. The van der Waals surface area contributed by atoms with Crippen LogP contribution in [0.3, 0.4) is 0 Å². The number of halogens is 4. The molecule has 2 aromatic carbocycles. The van der Waals surface area contributed by atoms with Crippen molar-refractivity contribution in [3.05, 3.63) is 87.3 Å². The second kappa shape index (κ2) is 15.9. The van der Waals surface area contributed by atoms with Gasteiger partial charge in [-0.2, -0.15) is 0 Å². The first-order valence-electron chi connectivity index (χ1n) is 13.7. The first-order chi connectivity index (χ1) is 20.5. The molecule has 44 heavy (non-hydrogen) atoms. The van der Waals surface area contributed by atoms with Crippen molar-refractivity contribution >= 4 is 36.0 Å². The van der Waals surface area contributed by atoms with E-state index in [1.165, 1.54) is 53.7 Å². The van der Waals surface area contributed by atoms with Gasteiger partial charge in [0.05, 0.1) is 18.7 Å². The molecule has 0 saturated carbocycles. The Labute approximate surface area is 263 Å². The number of fused-ring (bicyclic) bond motifs is 1. The van der Waals surface area contributed by atoms with Crippen molar-refractivity contribution in [1.82, 2.24) is 15.2 Å². The molecule has 0 bridgehead atoms. The van der Waals surface area contributed by atoms with Gasteiger partial charge >= 0.3 is 6.36 Å². The third-order valence-electron chi connectivity index (χ3n) is 6.64. The molecule has 0 saturated heterocycles. The Morgan fingerprint density at radius 1 is 1.00 bits per heavy atom. The Hall–Kier alpha value is -3.68. The molecule has 0 unspecified atom stereocenters. The highest BCUT2D eigenvalue weighted by Crippen LogP contribution is 2.37. The maximum absolute atomic E-state index is 13.3. The average molecular weight is 655 g/mol. The number of aromatic nitrogens is 1. The van der Waals surface area contributed by atoms with Crippen LogP contribution in [-0.2, 0) is 17.9 Å². The van der Waals surface area contributed by atoms with Gasteiger partial charge in [-0.15, -0.1) is 37.3 Å². The van der Waals surface area contributed by atoms with Gasteiger partial charge in [-0.3, -0.25) is 14.4 Å². The average Bonchev–Trinajstić information content (AvgIpc) is 3.35. The Bertz CT molecular complexity index is 1480. The lowest BCUT2D eigenvalue weighted by molar-refractivity contribution is -0.274. The van der Waals surface area contributed by atoms with Crippen LogP contribution in [0.25, 0.3) is 0 Å². The van der Waals surface area contributed by atoms with Gasteiger partial charge < -0.3 is 30.4 Å². The fourth-order valence-electron chi connectivity index (χ4n) is 4.52. The summed E-state index contributed by atoms with van der Waals surface area (Å²) in [6.07, 6.45) is -0.645. The molecule has 0 aliphatic carbocycles. The topological polar surface area (TPSA) is 125 Å². The number of alkyl halides is 3. The van der Waals surface area contributed by atoms with E-state index in [4.69, 9.17) is 10.5 Å². The normalized spacial score (nSPS) is 13.9. The maximum Gasteiger partial charge on any atom is 0.573 e. The van der Waals surface area contributed by atoms with Crippen LogP contribution in [0.15, 0.2) is 64.4 Å². The number of nitrogens with zero attached hydrogens (tertiary/aromatic N) is 1. The number of hydrogen-bond acceptors (Lipinski definition) is 7. The number of nitrogens with two attached hydrogens (primary N) is 1. The Morgan fingerprint density at radius 2 is 1.66 bits per heavy atom. The standard InChI is InChI=1S/C30H33F3N4O5S.ClH/c1-19(38)35-13-3-2-4-14-41-22-9-5-20(6-10-22)15-36-28(39)24-17-37(29(40)26-25(34)18-43-27(24)26)16-21-7-11-23(12-8-21)42-30(31,32)33;/h5-12,17,25H,2-4,13-16,18,34H2,1H3,(H,35,38)(H,36,39);1H/t25-;/m0./s1. The molecular weight excluding hydrogens is 621 g/mol. The predicted molar refractivity (Wildman–Crippen MR) is 163 cm³/mol. The zero-order chi connectivity index (χ0) is 31.0. The van der Waals surface area contributed by atoms with Gasteiger partial charge in [-0.05, 0) is 54.7 Å². The van der Waals surface area contributed by atoms with E-state index in [1.54, 1.807) is 0 Å². The zero-order valence-electron chi connectivity index (χ0n) is 23.9. The highest BCUT2D eigenvalue weighted by atomic mass is 35.5. The summed E-state index contributed by atoms with van der Waals surface area (Å²) in [6, 6.07) is 12.0. The molecule has 1 aliphatic heterocycles. The number of unbranched alkanes of at least 4 members (excludes halogenated alkanes) is 2. The van der Waals surface area contributed by atoms with Gasteiger partial charge in [-0.1, -0.05) is 24.3 Å². The van der Waals surface area contributed by atoms with Crippen molar-refractivity contribution in [1.29, 1.82) is 0 Å². The highest BCUT2D eigenvalue weighted by Gasteiger charge is 2.31. The highest BCUT2D eigenvalue weighted by molar-refractivity contribution is 7.99. The van der Waals surface area contributed by atoms with Crippen LogP contribution in [0, 0.1) is 0 Å². The van der Waals surface area contributed by atoms with Crippen LogP contribution in [0.2, 0.25) is 0 Å². The SMILES string of the molecule is CC(=O)NCCCCCOc1ccc(CNC(=O)c2cn(Cc3ccc(OC(F)(F)F)cc3)c(=O)c3c2SC[C@@H]3N)cc1.Cl. The molecule has 2 heterocycles. The molecule has 0 radical (unpaired) electrons. The molecule has 3 aromatic rings. The molecule has 4 N–H and O–H groups in total. The first-order valence-corrected chi connectivity index (χ1v) is 14.7. The number of amides is 2. The van der Waals surface area contributed by atoms with Crippen molar-refractivity contribution in [2.75, 3.05) is 18.9 Å². The van der Waals surface area contributed by atoms with E-state index < -0.39 is 12.4 Å². The summed E-state index contributed by atoms with van der Waals surface area (Å²) in [4.78, 5) is 37.9. The zero-order valence-corrected chi connectivity index (χ0v) is 25.6. The molecule has 1 aliphatic rings. The van der Waals surface area contributed by atoms with E-state index in [2.05, 4.69) is 15.4 Å². The van der Waals surface area contributed by atoms with Crippen LogP contribution in [0.4, 0.5) is 13.2 Å². The quantitative estimate of drug-likeness (QED) is 0.223. The van der Waals surface area contributed by atoms with Crippen LogP contribution < -0.4 is 31.4 Å². The summed E-state index contributed by atoms with van der Waals surface area (Å²) in [6.45, 7) is 2.99. The fourth-order valence-corrected chi connectivity index (χ4v) is 5.73. The molecule has 0 fully saturated rings. The van der Waals surface area contributed by atoms with E-state index >= 15 is 0 Å². The summed E-state index contributed by atoms with van der Waals surface area (Å²) in [5.41, 5.74) is 7.92. The molecule has 0 spiro atoms.